The second-order valence-corrected chi connectivity index (χ2v) is 7.21. The van der Waals surface area contributed by atoms with Crippen LogP contribution >= 0.6 is 0 Å². The Morgan fingerprint density at radius 2 is 0.788 bits per heavy atom. The third-order valence-electron chi connectivity index (χ3n) is 4.24. The van der Waals surface area contributed by atoms with Crippen LogP contribution in [0.3, 0.4) is 0 Å². The van der Waals surface area contributed by atoms with Gasteiger partial charge in [0, 0.05) is 13.5 Å². The molecule has 0 radical (unpaired) electrons. The fourth-order valence-corrected chi connectivity index (χ4v) is 2.19. The lowest BCUT2D eigenvalue weighted by Gasteiger charge is -2.10. The van der Waals surface area contributed by atoms with E-state index in [4.69, 9.17) is 42.6 Å². The van der Waals surface area contributed by atoms with E-state index >= 15 is 0 Å². The molecule has 0 aliphatic carbocycles. The lowest BCUT2D eigenvalue weighted by Crippen LogP contribution is -2.15. The van der Waals surface area contributed by atoms with Crippen molar-refractivity contribution in [2.45, 2.75) is 27.2 Å². The molecule has 0 N–H and O–H groups in total. The molecule has 33 heavy (non-hydrogen) atoms. The minimum atomic E-state index is -0.305. The van der Waals surface area contributed by atoms with Gasteiger partial charge in [0.05, 0.1) is 99.1 Å². The largest absolute Gasteiger partial charge is 0.463 e. The number of carbonyl (C=O) groups is 1. The monoisotopic (exact) mass is 482 g/mol. The van der Waals surface area contributed by atoms with E-state index in [2.05, 4.69) is 13.8 Å². The summed E-state index contributed by atoms with van der Waals surface area (Å²) in [5.41, 5.74) is 0. The van der Waals surface area contributed by atoms with Gasteiger partial charge in [-0.1, -0.05) is 20.3 Å². The predicted molar refractivity (Wildman–Crippen MR) is 123 cm³/mol. The van der Waals surface area contributed by atoms with Gasteiger partial charge in [-0.2, -0.15) is 0 Å². The Labute approximate surface area is 199 Å². The summed E-state index contributed by atoms with van der Waals surface area (Å²) in [6, 6.07) is 0. The molecule has 0 rings (SSSR count). The van der Waals surface area contributed by atoms with Gasteiger partial charge in [-0.25, -0.2) is 0 Å². The molecule has 1 atom stereocenters. The average Bonchev–Trinajstić information content (AvgIpc) is 2.80. The van der Waals surface area contributed by atoms with Crippen LogP contribution in [0.25, 0.3) is 0 Å². The molecule has 10 heteroatoms. The number of ether oxygens (including phenoxy) is 9. The number of hydrogen-bond acceptors (Lipinski definition) is 10. The minimum absolute atomic E-state index is 0.266. The summed E-state index contributed by atoms with van der Waals surface area (Å²) in [5.74, 6) is 0.294. The third-order valence-corrected chi connectivity index (χ3v) is 4.24. The maximum atomic E-state index is 10.5. The van der Waals surface area contributed by atoms with E-state index in [1.807, 2.05) is 0 Å². The van der Waals surface area contributed by atoms with Crippen LogP contribution in [0.5, 0.6) is 0 Å². The third kappa shape index (κ3) is 29.1. The maximum absolute atomic E-state index is 10.5. The molecule has 0 aromatic rings. The molecule has 10 nitrogen and oxygen atoms in total. The molecule has 0 aliphatic heterocycles. The molecule has 0 aromatic heterocycles. The molecule has 0 bridgehead atoms. The normalized spacial score (nSPS) is 12.2. The highest BCUT2D eigenvalue weighted by atomic mass is 16.6. The van der Waals surface area contributed by atoms with E-state index < -0.39 is 0 Å². The first-order valence-corrected chi connectivity index (χ1v) is 11.9. The summed E-state index contributed by atoms with van der Waals surface area (Å²) in [5, 5.41) is 0. The summed E-state index contributed by atoms with van der Waals surface area (Å²) in [4.78, 5) is 10.5. The maximum Gasteiger partial charge on any atom is 0.302 e. The summed E-state index contributed by atoms with van der Waals surface area (Å²) in [7, 11) is 0. The summed E-state index contributed by atoms with van der Waals surface area (Å²) in [6.07, 6.45) is 1.13. The van der Waals surface area contributed by atoms with Crippen LogP contribution in [0.2, 0.25) is 0 Å². The molecule has 0 fully saturated rings. The van der Waals surface area contributed by atoms with Crippen molar-refractivity contribution in [2.24, 2.45) is 5.92 Å². The average molecular weight is 483 g/mol. The van der Waals surface area contributed by atoms with E-state index in [0.717, 1.165) is 13.0 Å². The molecule has 0 saturated carbocycles. The van der Waals surface area contributed by atoms with Crippen LogP contribution in [-0.2, 0) is 47.4 Å². The smallest absolute Gasteiger partial charge is 0.302 e. The van der Waals surface area contributed by atoms with Crippen molar-refractivity contribution in [2.75, 3.05) is 112 Å². The van der Waals surface area contributed by atoms with Crippen molar-refractivity contribution < 1.29 is 47.4 Å². The molecular weight excluding hydrogens is 436 g/mol. The topological polar surface area (TPSA) is 100 Å². The Balaban J connectivity index is 3.03. The molecule has 1 unspecified atom stereocenters. The quantitative estimate of drug-likeness (QED) is 0.127. The number of carbonyl (C=O) groups excluding carboxylic acids is 1. The molecule has 0 aromatic carbocycles. The van der Waals surface area contributed by atoms with Crippen LogP contribution in [0, 0.1) is 5.92 Å². The van der Waals surface area contributed by atoms with Crippen molar-refractivity contribution in [1.82, 2.24) is 0 Å². The van der Waals surface area contributed by atoms with Crippen molar-refractivity contribution in [1.29, 1.82) is 0 Å². The molecule has 0 saturated heterocycles. The first-order chi connectivity index (χ1) is 16.2. The van der Waals surface area contributed by atoms with Gasteiger partial charge in [0.2, 0.25) is 0 Å². The van der Waals surface area contributed by atoms with Crippen LogP contribution in [0.4, 0.5) is 0 Å². The van der Waals surface area contributed by atoms with Crippen LogP contribution in [0.1, 0.15) is 27.2 Å². The lowest BCUT2D eigenvalue weighted by molar-refractivity contribution is -0.142. The van der Waals surface area contributed by atoms with Crippen molar-refractivity contribution in [3.63, 3.8) is 0 Å². The molecule has 0 aliphatic rings. The lowest BCUT2D eigenvalue weighted by atomic mass is 10.1. The summed E-state index contributed by atoms with van der Waals surface area (Å²) < 4.78 is 48.0. The van der Waals surface area contributed by atoms with Gasteiger partial charge in [0.25, 0.3) is 0 Å². The Hall–Kier alpha value is -0.850. The first-order valence-electron chi connectivity index (χ1n) is 11.9. The highest BCUT2D eigenvalue weighted by Gasteiger charge is 1.98. The molecule has 0 heterocycles. The summed E-state index contributed by atoms with van der Waals surface area (Å²) >= 11 is 0. The Morgan fingerprint density at radius 1 is 0.515 bits per heavy atom. The van der Waals surface area contributed by atoms with Gasteiger partial charge in [-0.05, 0) is 5.92 Å². The zero-order valence-electron chi connectivity index (χ0n) is 20.9. The van der Waals surface area contributed by atoms with Gasteiger partial charge in [-0.15, -0.1) is 0 Å². The van der Waals surface area contributed by atoms with Crippen LogP contribution in [-0.4, -0.2) is 118 Å². The predicted octanol–water partition coefficient (Wildman–Crippen LogP) is 1.73. The van der Waals surface area contributed by atoms with Gasteiger partial charge in [-0.3, -0.25) is 4.79 Å². The fraction of sp³-hybridized carbons (Fsp3) is 0.957. The number of esters is 1. The Bertz CT molecular complexity index is 397. The Kier molecular flexibility index (Phi) is 26.7. The zero-order valence-corrected chi connectivity index (χ0v) is 20.9. The van der Waals surface area contributed by atoms with E-state index in [9.17, 15) is 4.79 Å². The summed E-state index contributed by atoms with van der Waals surface area (Å²) in [6.45, 7) is 14.5. The van der Waals surface area contributed by atoms with Gasteiger partial charge in [0.1, 0.15) is 6.61 Å². The van der Waals surface area contributed by atoms with Crippen LogP contribution < -0.4 is 0 Å². The highest BCUT2D eigenvalue weighted by molar-refractivity contribution is 5.65. The van der Waals surface area contributed by atoms with Gasteiger partial charge < -0.3 is 42.6 Å². The van der Waals surface area contributed by atoms with Crippen molar-refractivity contribution >= 4 is 5.97 Å². The van der Waals surface area contributed by atoms with Gasteiger partial charge >= 0.3 is 5.97 Å². The molecule has 198 valence electrons. The fourth-order valence-electron chi connectivity index (χ4n) is 2.19. The Morgan fingerprint density at radius 3 is 1.06 bits per heavy atom. The highest BCUT2D eigenvalue weighted by Crippen LogP contribution is 1.99. The van der Waals surface area contributed by atoms with Gasteiger partial charge in [0.15, 0.2) is 0 Å². The van der Waals surface area contributed by atoms with E-state index in [1.165, 1.54) is 6.92 Å². The number of rotatable bonds is 27. The molecule has 0 spiro atoms. The second kappa shape index (κ2) is 27.4. The van der Waals surface area contributed by atoms with Crippen LogP contribution in [0.15, 0.2) is 0 Å². The number of hydrogen-bond donors (Lipinski definition) is 0. The second-order valence-electron chi connectivity index (χ2n) is 7.21. The zero-order chi connectivity index (χ0) is 24.2. The van der Waals surface area contributed by atoms with E-state index in [-0.39, 0.29) is 12.6 Å². The minimum Gasteiger partial charge on any atom is -0.463 e. The SMILES string of the molecule is CCC(C)COCCOCCOCCOCCOCCOCCOCCOCCOC(C)=O. The van der Waals surface area contributed by atoms with E-state index in [0.29, 0.717) is 105 Å². The van der Waals surface area contributed by atoms with Crippen molar-refractivity contribution in [3.05, 3.63) is 0 Å². The molecular formula is C23H46O10. The van der Waals surface area contributed by atoms with E-state index in [1.54, 1.807) is 0 Å². The first kappa shape index (κ1) is 32.1. The van der Waals surface area contributed by atoms with Crippen molar-refractivity contribution in [3.8, 4) is 0 Å². The molecule has 0 amide bonds. The standard InChI is InChI=1S/C23H46O10/c1-4-22(2)21-32-18-17-30-14-13-28-10-9-26-6-5-25-7-8-27-11-12-29-15-16-31-19-20-33-23(3)24/h22H,4-21H2,1-3H3.